The lowest BCUT2D eigenvalue weighted by Crippen LogP contribution is -2.24. The molecule has 2 aromatic rings. The molecule has 0 amide bonds. The van der Waals surface area contributed by atoms with Crippen molar-refractivity contribution in [2.45, 2.75) is 19.4 Å². The van der Waals surface area contributed by atoms with Crippen molar-refractivity contribution in [3.8, 4) is 0 Å². The van der Waals surface area contributed by atoms with E-state index in [0.717, 1.165) is 30.7 Å². The zero-order valence-corrected chi connectivity index (χ0v) is 10.4. The normalized spacial score (nSPS) is 14.8. The Morgan fingerprint density at radius 3 is 3.11 bits per heavy atom. The number of hydrogen-bond donors (Lipinski definition) is 1. The van der Waals surface area contributed by atoms with Gasteiger partial charge in [-0.25, -0.2) is 9.78 Å². The maximum atomic E-state index is 11.0. The summed E-state index contributed by atoms with van der Waals surface area (Å²) in [5, 5.41) is 8.99. The molecule has 98 valence electrons. The van der Waals surface area contributed by atoms with Crippen LogP contribution in [-0.2, 0) is 13.0 Å². The molecule has 0 radical (unpaired) electrons. The lowest BCUT2D eigenvalue weighted by atomic mass is 10.2. The summed E-state index contributed by atoms with van der Waals surface area (Å²) in [6.45, 7) is 1.56. The van der Waals surface area contributed by atoms with Crippen LogP contribution in [-0.4, -0.2) is 22.6 Å². The number of pyridine rings is 1. The van der Waals surface area contributed by atoms with Gasteiger partial charge in [-0.2, -0.15) is 0 Å². The predicted octanol–water partition coefficient (Wildman–Crippen LogP) is 2.33. The molecule has 2 aromatic heterocycles. The van der Waals surface area contributed by atoms with Crippen LogP contribution in [0.3, 0.4) is 0 Å². The molecule has 0 aliphatic carbocycles. The molecule has 1 N–H and O–H groups in total. The van der Waals surface area contributed by atoms with Gasteiger partial charge >= 0.3 is 5.97 Å². The molecule has 19 heavy (non-hydrogen) atoms. The molecule has 0 saturated carbocycles. The Balaban J connectivity index is 1.90. The number of anilines is 1. The highest BCUT2D eigenvalue weighted by Crippen LogP contribution is 2.23. The van der Waals surface area contributed by atoms with Crippen molar-refractivity contribution < 1.29 is 14.3 Å². The molecule has 1 aliphatic rings. The number of furan rings is 1. The Bertz CT molecular complexity index is 606. The van der Waals surface area contributed by atoms with Gasteiger partial charge in [-0.1, -0.05) is 6.07 Å². The highest BCUT2D eigenvalue weighted by molar-refractivity contribution is 5.85. The summed E-state index contributed by atoms with van der Waals surface area (Å²) in [5.41, 5.74) is 1.23. The topological polar surface area (TPSA) is 66.6 Å². The summed E-state index contributed by atoms with van der Waals surface area (Å²) in [6, 6.07) is 7.05. The van der Waals surface area contributed by atoms with Crippen LogP contribution in [0.1, 0.15) is 28.2 Å². The second kappa shape index (κ2) is 4.76. The average Bonchev–Trinajstić information content (AvgIpc) is 2.76. The molecule has 0 saturated heterocycles. The highest BCUT2D eigenvalue weighted by atomic mass is 16.4. The Morgan fingerprint density at radius 1 is 1.37 bits per heavy atom. The zero-order valence-electron chi connectivity index (χ0n) is 10.4. The number of hydrogen-bond acceptors (Lipinski definition) is 4. The fourth-order valence-corrected chi connectivity index (χ4v) is 2.36. The summed E-state index contributed by atoms with van der Waals surface area (Å²) in [5.74, 6) is 0.728. The third-order valence-corrected chi connectivity index (χ3v) is 3.31. The van der Waals surface area contributed by atoms with Gasteiger partial charge in [0.2, 0.25) is 0 Å². The molecule has 3 heterocycles. The first kappa shape index (κ1) is 11.8. The molecule has 0 fully saturated rings. The lowest BCUT2D eigenvalue weighted by molar-refractivity contribution is 0.0690. The van der Waals surface area contributed by atoms with Crippen LogP contribution in [0, 0.1) is 0 Å². The van der Waals surface area contributed by atoms with Gasteiger partial charge in [-0.15, -0.1) is 0 Å². The first-order valence-corrected chi connectivity index (χ1v) is 6.24. The van der Waals surface area contributed by atoms with Gasteiger partial charge < -0.3 is 14.4 Å². The van der Waals surface area contributed by atoms with Crippen LogP contribution >= 0.6 is 0 Å². The molecule has 5 heteroatoms. The summed E-state index contributed by atoms with van der Waals surface area (Å²) < 4.78 is 5.44. The number of aromatic carboxylic acids is 1. The van der Waals surface area contributed by atoms with Crippen LogP contribution in [0.4, 0.5) is 5.82 Å². The number of carboxylic acids is 1. The van der Waals surface area contributed by atoms with Crippen molar-refractivity contribution in [2.75, 3.05) is 11.4 Å². The quantitative estimate of drug-likeness (QED) is 0.895. The van der Waals surface area contributed by atoms with Gasteiger partial charge in [0.1, 0.15) is 11.6 Å². The number of carboxylic acid groups (broad SMARTS) is 1. The standard InChI is InChI=1S/C14H14N2O3/c17-14(18)11-3-1-5-13(15-11)16-7-2-4-12-10(9-16)6-8-19-12/h1,3,5-6,8H,2,4,7,9H2,(H,17,18). The highest BCUT2D eigenvalue weighted by Gasteiger charge is 2.18. The summed E-state index contributed by atoms with van der Waals surface area (Å²) in [7, 11) is 0. The molecule has 0 atom stereocenters. The number of carbonyl (C=O) groups is 1. The monoisotopic (exact) mass is 258 g/mol. The van der Waals surface area contributed by atoms with Crippen molar-refractivity contribution in [2.24, 2.45) is 0 Å². The smallest absolute Gasteiger partial charge is 0.354 e. The van der Waals surface area contributed by atoms with Gasteiger partial charge in [0.05, 0.1) is 6.26 Å². The lowest BCUT2D eigenvalue weighted by Gasteiger charge is -2.21. The Labute approximate surface area is 110 Å². The van der Waals surface area contributed by atoms with Crippen LogP contribution in [0.5, 0.6) is 0 Å². The molecule has 1 aliphatic heterocycles. The van der Waals surface area contributed by atoms with E-state index in [2.05, 4.69) is 9.88 Å². The van der Waals surface area contributed by atoms with Crippen LogP contribution in [0.15, 0.2) is 34.9 Å². The van der Waals surface area contributed by atoms with Gasteiger partial charge in [-0.3, -0.25) is 0 Å². The second-order valence-corrected chi connectivity index (χ2v) is 4.58. The van der Waals surface area contributed by atoms with E-state index in [-0.39, 0.29) is 5.69 Å². The van der Waals surface area contributed by atoms with E-state index in [0.29, 0.717) is 12.4 Å². The van der Waals surface area contributed by atoms with Gasteiger partial charge in [-0.05, 0) is 24.6 Å². The molecule has 0 spiro atoms. The SMILES string of the molecule is O=C(O)c1cccc(N2CCCc3occc3C2)n1. The van der Waals surface area contributed by atoms with E-state index in [1.807, 2.05) is 12.1 Å². The molecule has 0 bridgehead atoms. The van der Waals surface area contributed by atoms with Gasteiger partial charge in [0.25, 0.3) is 0 Å². The minimum atomic E-state index is -0.999. The van der Waals surface area contributed by atoms with E-state index in [1.165, 1.54) is 6.07 Å². The first-order valence-electron chi connectivity index (χ1n) is 6.24. The largest absolute Gasteiger partial charge is 0.477 e. The number of fused-ring (bicyclic) bond motifs is 1. The van der Waals surface area contributed by atoms with Crippen LogP contribution in [0.2, 0.25) is 0 Å². The summed E-state index contributed by atoms with van der Waals surface area (Å²) in [6.07, 6.45) is 3.59. The van der Waals surface area contributed by atoms with Crippen molar-refractivity contribution in [3.63, 3.8) is 0 Å². The summed E-state index contributed by atoms with van der Waals surface area (Å²) in [4.78, 5) is 17.2. The minimum absolute atomic E-state index is 0.0779. The van der Waals surface area contributed by atoms with Crippen molar-refractivity contribution in [3.05, 3.63) is 47.5 Å². The number of rotatable bonds is 2. The minimum Gasteiger partial charge on any atom is -0.477 e. The van der Waals surface area contributed by atoms with Crippen molar-refractivity contribution in [1.29, 1.82) is 0 Å². The van der Waals surface area contributed by atoms with Crippen molar-refractivity contribution in [1.82, 2.24) is 4.98 Å². The van der Waals surface area contributed by atoms with E-state index < -0.39 is 5.97 Å². The predicted molar refractivity (Wildman–Crippen MR) is 69.3 cm³/mol. The van der Waals surface area contributed by atoms with Crippen molar-refractivity contribution >= 4 is 11.8 Å². The van der Waals surface area contributed by atoms with E-state index in [1.54, 1.807) is 12.3 Å². The fraction of sp³-hybridized carbons (Fsp3) is 0.286. The Morgan fingerprint density at radius 2 is 2.26 bits per heavy atom. The molecule has 0 aromatic carbocycles. The van der Waals surface area contributed by atoms with Crippen LogP contribution < -0.4 is 4.90 Å². The van der Waals surface area contributed by atoms with Gasteiger partial charge in [0, 0.05) is 25.1 Å². The number of nitrogens with zero attached hydrogens (tertiary/aromatic N) is 2. The maximum Gasteiger partial charge on any atom is 0.354 e. The zero-order chi connectivity index (χ0) is 13.2. The average molecular weight is 258 g/mol. The second-order valence-electron chi connectivity index (χ2n) is 4.58. The Kier molecular flexibility index (Phi) is 2.95. The third kappa shape index (κ3) is 2.31. The Hall–Kier alpha value is -2.30. The maximum absolute atomic E-state index is 11.0. The molecule has 0 unspecified atom stereocenters. The molecular formula is C14H14N2O3. The number of aromatic nitrogens is 1. The van der Waals surface area contributed by atoms with Crippen LogP contribution in [0.25, 0.3) is 0 Å². The summed E-state index contributed by atoms with van der Waals surface area (Å²) >= 11 is 0. The van der Waals surface area contributed by atoms with E-state index in [9.17, 15) is 4.79 Å². The first-order chi connectivity index (χ1) is 9.24. The third-order valence-electron chi connectivity index (χ3n) is 3.31. The van der Waals surface area contributed by atoms with E-state index >= 15 is 0 Å². The molecule has 3 rings (SSSR count). The van der Waals surface area contributed by atoms with E-state index in [4.69, 9.17) is 9.52 Å². The molecule has 5 nitrogen and oxygen atoms in total. The number of aryl methyl sites for hydroxylation is 1. The van der Waals surface area contributed by atoms with Gasteiger partial charge in [0.15, 0.2) is 5.69 Å². The molecular weight excluding hydrogens is 244 g/mol. The fourth-order valence-electron chi connectivity index (χ4n) is 2.36.